The van der Waals surface area contributed by atoms with E-state index < -0.39 is 0 Å². The quantitative estimate of drug-likeness (QED) is 0.810. The Morgan fingerprint density at radius 1 is 0.944 bits per heavy atom. The molecule has 0 radical (unpaired) electrons. The van der Waals surface area contributed by atoms with Gasteiger partial charge >= 0.3 is 6.92 Å². The van der Waals surface area contributed by atoms with Gasteiger partial charge in [-0.1, -0.05) is 54.1 Å². The summed E-state index contributed by atoms with van der Waals surface area (Å²) in [5, 5.41) is 9.89. The minimum Gasteiger partial charge on any atom is -0.446 e. The summed E-state index contributed by atoms with van der Waals surface area (Å²) in [6.07, 6.45) is 4.02. The Morgan fingerprint density at radius 3 is 2.56 bits per heavy atom. The molecule has 0 saturated heterocycles. The van der Waals surface area contributed by atoms with Crippen LogP contribution >= 0.6 is 0 Å². The van der Waals surface area contributed by atoms with Crippen LogP contribution in [0, 0.1) is 0 Å². The van der Waals surface area contributed by atoms with E-state index in [-0.39, 0.29) is 6.92 Å². The standard InChI is InChI=1S/C16H17BO/c18-17-11-10-15-9-8-14(12-16(15)17)7-6-13-4-2-1-3-5-13/h1-5,8-9,12,18H,6-7,10-11H2. The first kappa shape index (κ1) is 11.5. The van der Waals surface area contributed by atoms with Crippen LogP contribution < -0.4 is 5.46 Å². The van der Waals surface area contributed by atoms with E-state index in [9.17, 15) is 5.02 Å². The summed E-state index contributed by atoms with van der Waals surface area (Å²) >= 11 is 0. The Bertz CT molecular complexity index is 536. The molecule has 1 aliphatic rings. The Hall–Kier alpha value is -1.54. The Morgan fingerprint density at radius 2 is 1.72 bits per heavy atom. The van der Waals surface area contributed by atoms with Crippen molar-refractivity contribution in [1.29, 1.82) is 0 Å². The van der Waals surface area contributed by atoms with Gasteiger partial charge in [0.1, 0.15) is 0 Å². The molecule has 0 atom stereocenters. The summed E-state index contributed by atoms with van der Waals surface area (Å²) in [5.41, 5.74) is 5.18. The van der Waals surface area contributed by atoms with Crippen LogP contribution in [-0.4, -0.2) is 11.9 Å². The van der Waals surface area contributed by atoms with Crippen molar-refractivity contribution < 1.29 is 5.02 Å². The minimum atomic E-state index is -0.239. The van der Waals surface area contributed by atoms with E-state index >= 15 is 0 Å². The van der Waals surface area contributed by atoms with E-state index in [4.69, 9.17) is 0 Å². The highest BCUT2D eigenvalue weighted by atomic mass is 16.2. The lowest BCUT2D eigenvalue weighted by atomic mass is 9.63. The van der Waals surface area contributed by atoms with Gasteiger partial charge < -0.3 is 5.02 Å². The highest BCUT2D eigenvalue weighted by Crippen LogP contribution is 2.15. The second kappa shape index (κ2) is 4.99. The first-order chi connectivity index (χ1) is 8.83. The summed E-state index contributed by atoms with van der Waals surface area (Å²) in [6.45, 7) is -0.239. The maximum absolute atomic E-state index is 9.89. The number of aryl methyl sites for hydroxylation is 3. The van der Waals surface area contributed by atoms with Crippen LogP contribution in [0.2, 0.25) is 6.32 Å². The Labute approximate surface area is 109 Å². The van der Waals surface area contributed by atoms with Crippen LogP contribution in [0.15, 0.2) is 48.5 Å². The lowest BCUT2D eigenvalue weighted by Crippen LogP contribution is -2.26. The predicted molar refractivity (Wildman–Crippen MR) is 76.4 cm³/mol. The molecule has 0 amide bonds. The van der Waals surface area contributed by atoms with E-state index in [1.807, 2.05) is 0 Å². The number of hydrogen-bond acceptors (Lipinski definition) is 1. The molecule has 1 nitrogen and oxygen atoms in total. The minimum absolute atomic E-state index is 0.239. The molecule has 0 aromatic heterocycles. The van der Waals surface area contributed by atoms with Crippen molar-refractivity contribution in [2.45, 2.75) is 25.6 Å². The van der Waals surface area contributed by atoms with Crippen molar-refractivity contribution in [2.75, 3.05) is 0 Å². The van der Waals surface area contributed by atoms with Gasteiger partial charge in [0.25, 0.3) is 0 Å². The molecule has 18 heavy (non-hydrogen) atoms. The number of hydrogen-bond donors (Lipinski definition) is 1. The van der Waals surface area contributed by atoms with Gasteiger partial charge in [0.15, 0.2) is 0 Å². The third kappa shape index (κ3) is 2.34. The topological polar surface area (TPSA) is 20.2 Å². The summed E-state index contributed by atoms with van der Waals surface area (Å²) in [6, 6.07) is 17.1. The molecule has 90 valence electrons. The molecule has 0 bridgehead atoms. The molecule has 1 aliphatic heterocycles. The van der Waals surface area contributed by atoms with E-state index in [2.05, 4.69) is 48.5 Å². The highest BCUT2D eigenvalue weighted by Gasteiger charge is 2.24. The monoisotopic (exact) mass is 236 g/mol. The lowest BCUT2D eigenvalue weighted by molar-refractivity contribution is 0.587. The molecule has 0 fully saturated rings. The molecule has 0 unspecified atom stereocenters. The molecule has 0 spiro atoms. The van der Waals surface area contributed by atoms with Crippen LogP contribution in [0.5, 0.6) is 0 Å². The zero-order chi connectivity index (χ0) is 12.4. The fourth-order valence-corrected chi connectivity index (χ4v) is 2.72. The van der Waals surface area contributed by atoms with Crippen molar-refractivity contribution >= 4 is 12.4 Å². The molecule has 0 aliphatic carbocycles. The fraction of sp³-hybridized carbons (Fsp3) is 0.250. The summed E-state index contributed by atoms with van der Waals surface area (Å²) in [5.74, 6) is 0. The normalized spacial score (nSPS) is 13.7. The maximum atomic E-state index is 9.89. The first-order valence-electron chi connectivity index (χ1n) is 6.66. The van der Waals surface area contributed by atoms with E-state index in [1.54, 1.807) is 0 Å². The molecule has 1 heterocycles. The van der Waals surface area contributed by atoms with E-state index in [1.165, 1.54) is 16.7 Å². The second-order valence-corrected chi connectivity index (χ2v) is 5.07. The van der Waals surface area contributed by atoms with Crippen molar-refractivity contribution in [2.24, 2.45) is 0 Å². The molecular weight excluding hydrogens is 219 g/mol. The third-order valence-electron chi connectivity index (χ3n) is 3.80. The van der Waals surface area contributed by atoms with Gasteiger partial charge in [-0.3, -0.25) is 0 Å². The van der Waals surface area contributed by atoms with Crippen LogP contribution in [0.3, 0.4) is 0 Å². The summed E-state index contributed by atoms with van der Waals surface area (Å²) in [7, 11) is 0. The van der Waals surface area contributed by atoms with Crippen LogP contribution in [0.25, 0.3) is 0 Å². The molecule has 1 N–H and O–H groups in total. The zero-order valence-corrected chi connectivity index (χ0v) is 10.5. The SMILES string of the molecule is OB1CCc2ccc(CCc3ccccc3)cc21. The van der Waals surface area contributed by atoms with E-state index in [0.29, 0.717) is 0 Å². The lowest BCUT2D eigenvalue weighted by Gasteiger charge is -2.06. The Balaban J connectivity index is 1.72. The molecule has 2 heteroatoms. The van der Waals surface area contributed by atoms with Gasteiger partial charge in [0.2, 0.25) is 0 Å². The molecule has 2 aromatic rings. The van der Waals surface area contributed by atoms with Crippen LogP contribution in [-0.2, 0) is 19.3 Å². The van der Waals surface area contributed by atoms with Gasteiger partial charge in [-0.2, -0.15) is 0 Å². The van der Waals surface area contributed by atoms with Gasteiger partial charge in [0.05, 0.1) is 0 Å². The number of fused-ring (bicyclic) bond motifs is 1. The molecule has 0 saturated carbocycles. The average Bonchev–Trinajstić information content (AvgIpc) is 2.79. The smallest absolute Gasteiger partial charge is 0.324 e. The van der Waals surface area contributed by atoms with Gasteiger partial charge in [-0.05, 0) is 42.2 Å². The number of benzene rings is 2. The third-order valence-corrected chi connectivity index (χ3v) is 3.80. The maximum Gasteiger partial charge on any atom is 0.324 e. The second-order valence-electron chi connectivity index (χ2n) is 5.07. The van der Waals surface area contributed by atoms with Crippen molar-refractivity contribution in [3.8, 4) is 0 Å². The van der Waals surface area contributed by atoms with Gasteiger partial charge in [-0.15, -0.1) is 0 Å². The zero-order valence-electron chi connectivity index (χ0n) is 10.5. The van der Waals surface area contributed by atoms with Gasteiger partial charge in [-0.25, -0.2) is 0 Å². The van der Waals surface area contributed by atoms with E-state index in [0.717, 1.165) is 31.0 Å². The molecule has 2 aromatic carbocycles. The summed E-state index contributed by atoms with van der Waals surface area (Å²) < 4.78 is 0. The van der Waals surface area contributed by atoms with Crippen LogP contribution in [0.1, 0.15) is 16.7 Å². The Kier molecular flexibility index (Phi) is 3.20. The molecular formula is C16H17BO. The largest absolute Gasteiger partial charge is 0.446 e. The molecule has 3 rings (SSSR count). The van der Waals surface area contributed by atoms with Crippen molar-refractivity contribution in [1.82, 2.24) is 0 Å². The van der Waals surface area contributed by atoms with Crippen LogP contribution in [0.4, 0.5) is 0 Å². The fourth-order valence-electron chi connectivity index (χ4n) is 2.72. The van der Waals surface area contributed by atoms with Crippen molar-refractivity contribution in [3.05, 3.63) is 65.2 Å². The predicted octanol–water partition coefficient (Wildman–Crippen LogP) is 2.22. The number of rotatable bonds is 3. The highest BCUT2D eigenvalue weighted by molar-refractivity contribution is 6.68. The van der Waals surface area contributed by atoms with Gasteiger partial charge in [0, 0.05) is 0 Å². The average molecular weight is 236 g/mol. The van der Waals surface area contributed by atoms with Crippen molar-refractivity contribution in [3.63, 3.8) is 0 Å². The first-order valence-corrected chi connectivity index (χ1v) is 6.66. The summed E-state index contributed by atoms with van der Waals surface area (Å²) in [4.78, 5) is 0.